The van der Waals surface area contributed by atoms with Crippen LogP contribution in [0.15, 0.2) is 30.3 Å². The average molecular weight is 258 g/mol. The van der Waals surface area contributed by atoms with Crippen LogP contribution in [0.1, 0.15) is 37.7 Å². The van der Waals surface area contributed by atoms with Crippen LogP contribution >= 0.6 is 0 Å². The van der Waals surface area contributed by atoms with Crippen molar-refractivity contribution in [3.63, 3.8) is 0 Å². The van der Waals surface area contributed by atoms with Crippen LogP contribution in [0.2, 0.25) is 0 Å². The molecule has 2 heterocycles. The Morgan fingerprint density at radius 3 is 2.79 bits per heavy atom. The lowest BCUT2D eigenvalue weighted by Crippen LogP contribution is -2.37. The molecule has 19 heavy (non-hydrogen) atoms. The highest BCUT2D eigenvalue weighted by atomic mass is 15.1. The van der Waals surface area contributed by atoms with Gasteiger partial charge >= 0.3 is 0 Å². The zero-order valence-electron chi connectivity index (χ0n) is 11.9. The average Bonchev–Trinajstić information content (AvgIpc) is 2.93. The molecule has 2 aliphatic rings. The molecule has 1 N–H and O–H groups in total. The Hall–Kier alpha value is -0.860. The Bertz CT molecular complexity index is 370. The Morgan fingerprint density at radius 2 is 2.00 bits per heavy atom. The maximum Gasteiger partial charge on any atom is 0.0233 e. The van der Waals surface area contributed by atoms with Crippen molar-refractivity contribution in [2.24, 2.45) is 5.92 Å². The lowest BCUT2D eigenvalue weighted by molar-refractivity contribution is 0.155. The molecule has 0 spiro atoms. The molecular formula is C17H26N2. The monoisotopic (exact) mass is 258 g/mol. The minimum Gasteiger partial charge on any atom is -0.314 e. The van der Waals surface area contributed by atoms with E-state index in [1.807, 2.05) is 0 Å². The van der Waals surface area contributed by atoms with Crippen LogP contribution in [-0.4, -0.2) is 30.6 Å². The molecule has 0 bridgehead atoms. The molecule has 2 saturated heterocycles. The van der Waals surface area contributed by atoms with E-state index in [0.29, 0.717) is 0 Å². The molecule has 2 heteroatoms. The minimum atomic E-state index is 0.807. The summed E-state index contributed by atoms with van der Waals surface area (Å²) < 4.78 is 0. The third-order valence-electron chi connectivity index (χ3n) is 4.63. The summed E-state index contributed by atoms with van der Waals surface area (Å²) in [6.45, 7) is 4.96. The smallest absolute Gasteiger partial charge is 0.0233 e. The van der Waals surface area contributed by atoms with Gasteiger partial charge in [-0.2, -0.15) is 0 Å². The number of nitrogens with zero attached hydrogens (tertiary/aromatic N) is 1. The van der Waals surface area contributed by atoms with Crippen LogP contribution in [0.5, 0.6) is 0 Å². The fourth-order valence-corrected chi connectivity index (χ4v) is 3.69. The third-order valence-corrected chi connectivity index (χ3v) is 4.63. The lowest BCUT2D eigenvalue weighted by atomic mass is 9.90. The van der Waals surface area contributed by atoms with Gasteiger partial charge in [-0.1, -0.05) is 30.3 Å². The van der Waals surface area contributed by atoms with Crippen molar-refractivity contribution in [1.82, 2.24) is 10.2 Å². The van der Waals surface area contributed by atoms with E-state index in [9.17, 15) is 0 Å². The van der Waals surface area contributed by atoms with Crippen LogP contribution in [0, 0.1) is 5.92 Å². The van der Waals surface area contributed by atoms with Gasteiger partial charge in [0.1, 0.15) is 0 Å². The second kappa shape index (κ2) is 6.53. The Balaban J connectivity index is 1.50. The van der Waals surface area contributed by atoms with Gasteiger partial charge in [0.2, 0.25) is 0 Å². The first-order valence-corrected chi connectivity index (χ1v) is 7.90. The van der Waals surface area contributed by atoms with Crippen LogP contribution in [0.3, 0.4) is 0 Å². The molecule has 0 saturated carbocycles. The van der Waals surface area contributed by atoms with Crippen molar-refractivity contribution in [2.75, 3.05) is 19.6 Å². The molecule has 1 aromatic carbocycles. The van der Waals surface area contributed by atoms with Gasteiger partial charge in [-0.25, -0.2) is 0 Å². The quantitative estimate of drug-likeness (QED) is 0.893. The van der Waals surface area contributed by atoms with Crippen molar-refractivity contribution in [2.45, 2.75) is 44.7 Å². The van der Waals surface area contributed by atoms with Crippen LogP contribution < -0.4 is 5.32 Å². The maximum atomic E-state index is 3.65. The predicted octanol–water partition coefficient (Wildman–Crippen LogP) is 3.04. The predicted molar refractivity (Wildman–Crippen MR) is 80.1 cm³/mol. The summed E-state index contributed by atoms with van der Waals surface area (Å²) in [5, 5.41) is 3.65. The fourth-order valence-electron chi connectivity index (χ4n) is 3.69. The first kappa shape index (κ1) is 13.1. The summed E-state index contributed by atoms with van der Waals surface area (Å²) in [6.07, 6.45) is 6.99. The Kier molecular flexibility index (Phi) is 4.52. The van der Waals surface area contributed by atoms with Gasteiger partial charge in [-0.3, -0.25) is 4.90 Å². The summed E-state index contributed by atoms with van der Waals surface area (Å²) in [4.78, 5) is 2.65. The Morgan fingerprint density at radius 1 is 1.11 bits per heavy atom. The Labute approximate surface area is 117 Å². The van der Waals surface area contributed by atoms with Gasteiger partial charge in [-0.15, -0.1) is 0 Å². The van der Waals surface area contributed by atoms with E-state index >= 15 is 0 Å². The summed E-state index contributed by atoms with van der Waals surface area (Å²) in [5.74, 6) is 0.910. The topological polar surface area (TPSA) is 15.3 Å². The highest BCUT2D eigenvalue weighted by Crippen LogP contribution is 2.24. The van der Waals surface area contributed by atoms with Crippen molar-refractivity contribution in [3.05, 3.63) is 35.9 Å². The molecule has 104 valence electrons. The molecule has 0 aromatic heterocycles. The van der Waals surface area contributed by atoms with E-state index < -0.39 is 0 Å². The SMILES string of the molecule is c1ccc(CN2CCCC(CC3CCCN3)C2)cc1. The number of rotatable bonds is 4. The first-order valence-electron chi connectivity index (χ1n) is 7.90. The molecule has 1 aromatic rings. The van der Waals surface area contributed by atoms with Gasteiger partial charge in [0.25, 0.3) is 0 Å². The van der Waals surface area contributed by atoms with Crippen LogP contribution in [0.4, 0.5) is 0 Å². The minimum absolute atomic E-state index is 0.807. The van der Waals surface area contributed by atoms with Crippen molar-refractivity contribution in [1.29, 1.82) is 0 Å². The summed E-state index contributed by atoms with van der Waals surface area (Å²) >= 11 is 0. The van der Waals surface area contributed by atoms with E-state index in [-0.39, 0.29) is 0 Å². The number of hydrogen-bond donors (Lipinski definition) is 1. The summed E-state index contributed by atoms with van der Waals surface area (Å²) in [7, 11) is 0. The fraction of sp³-hybridized carbons (Fsp3) is 0.647. The summed E-state index contributed by atoms with van der Waals surface area (Å²) in [5.41, 5.74) is 1.46. The van der Waals surface area contributed by atoms with Crippen molar-refractivity contribution < 1.29 is 0 Å². The van der Waals surface area contributed by atoms with E-state index in [4.69, 9.17) is 0 Å². The van der Waals surface area contributed by atoms with E-state index in [1.54, 1.807) is 0 Å². The standard InChI is InChI=1S/C17H26N2/c1-2-6-15(7-3-1)13-19-11-5-8-16(14-19)12-17-9-4-10-18-17/h1-3,6-7,16-18H,4-5,8-14H2. The lowest BCUT2D eigenvalue weighted by Gasteiger charge is -2.34. The second-order valence-corrected chi connectivity index (χ2v) is 6.26. The molecular weight excluding hydrogens is 232 g/mol. The van der Waals surface area contributed by atoms with Crippen molar-refractivity contribution >= 4 is 0 Å². The molecule has 0 radical (unpaired) electrons. The number of hydrogen-bond acceptors (Lipinski definition) is 2. The first-order chi connectivity index (χ1) is 9.40. The molecule has 2 atom stereocenters. The van der Waals surface area contributed by atoms with E-state index in [0.717, 1.165) is 18.5 Å². The molecule has 2 aliphatic heterocycles. The number of likely N-dealkylation sites (tertiary alicyclic amines) is 1. The van der Waals surface area contributed by atoms with Gasteiger partial charge in [0.05, 0.1) is 0 Å². The van der Waals surface area contributed by atoms with Crippen molar-refractivity contribution in [3.8, 4) is 0 Å². The third kappa shape index (κ3) is 3.80. The van der Waals surface area contributed by atoms with Gasteiger partial charge in [0, 0.05) is 19.1 Å². The molecule has 3 rings (SSSR count). The normalized spacial score (nSPS) is 28.6. The molecule has 2 unspecified atom stereocenters. The second-order valence-electron chi connectivity index (χ2n) is 6.26. The van der Waals surface area contributed by atoms with Crippen LogP contribution in [0.25, 0.3) is 0 Å². The van der Waals surface area contributed by atoms with Gasteiger partial charge in [0.15, 0.2) is 0 Å². The highest BCUT2D eigenvalue weighted by molar-refractivity contribution is 5.14. The largest absolute Gasteiger partial charge is 0.314 e. The molecule has 0 amide bonds. The van der Waals surface area contributed by atoms with Gasteiger partial charge < -0.3 is 5.32 Å². The molecule has 2 fully saturated rings. The summed E-state index contributed by atoms with van der Waals surface area (Å²) in [6, 6.07) is 11.7. The van der Waals surface area contributed by atoms with Crippen LogP contribution in [-0.2, 0) is 6.54 Å². The molecule has 2 nitrogen and oxygen atoms in total. The maximum absolute atomic E-state index is 3.65. The number of benzene rings is 1. The number of piperidine rings is 1. The number of nitrogens with one attached hydrogen (secondary N) is 1. The highest BCUT2D eigenvalue weighted by Gasteiger charge is 2.24. The van der Waals surface area contributed by atoms with E-state index in [2.05, 4.69) is 40.5 Å². The van der Waals surface area contributed by atoms with E-state index in [1.165, 1.54) is 57.3 Å². The zero-order valence-corrected chi connectivity index (χ0v) is 11.9. The van der Waals surface area contributed by atoms with Gasteiger partial charge in [-0.05, 0) is 56.7 Å². The zero-order chi connectivity index (χ0) is 12.9. The molecule has 0 aliphatic carbocycles.